The number of likely N-dealkylation sites (N-methyl/N-ethyl adjacent to an activating group) is 1. The average molecular weight is 267 g/mol. The van der Waals surface area contributed by atoms with Crippen molar-refractivity contribution in [3.05, 3.63) is 28.8 Å². The second-order valence-corrected chi connectivity index (χ2v) is 4.00. The van der Waals surface area contributed by atoms with E-state index in [0.717, 1.165) is 5.69 Å². The van der Waals surface area contributed by atoms with Gasteiger partial charge in [-0.15, -0.1) is 0 Å². The van der Waals surface area contributed by atoms with Crippen LogP contribution in [0.1, 0.15) is 19.4 Å². The van der Waals surface area contributed by atoms with Gasteiger partial charge in [0.05, 0.1) is 28.9 Å². The number of hydrogen-bond acceptors (Lipinski definition) is 4. The summed E-state index contributed by atoms with van der Waals surface area (Å²) >= 11 is 6.10. The summed E-state index contributed by atoms with van der Waals surface area (Å²) in [4.78, 5) is 13.3. The molecule has 1 aromatic rings. The number of hydrogen-bond donors (Lipinski definition) is 0. The van der Waals surface area contributed by atoms with Crippen LogP contribution in [0.3, 0.4) is 0 Å². The molecule has 18 heavy (non-hydrogen) atoms. The lowest BCUT2D eigenvalue weighted by molar-refractivity contribution is -0.141. The second-order valence-electron chi connectivity index (χ2n) is 3.60. The van der Waals surface area contributed by atoms with E-state index >= 15 is 0 Å². The van der Waals surface area contributed by atoms with E-state index in [-0.39, 0.29) is 12.5 Å². The Balaban J connectivity index is 2.89. The fraction of sp³-hybridized carbons (Fsp3) is 0.385. The van der Waals surface area contributed by atoms with E-state index in [1.54, 1.807) is 25.1 Å². The molecule has 0 saturated heterocycles. The van der Waals surface area contributed by atoms with E-state index in [1.165, 1.54) is 0 Å². The van der Waals surface area contributed by atoms with E-state index in [2.05, 4.69) is 0 Å². The van der Waals surface area contributed by atoms with Crippen LogP contribution in [-0.4, -0.2) is 25.7 Å². The van der Waals surface area contributed by atoms with Gasteiger partial charge in [-0.25, -0.2) is 0 Å². The summed E-state index contributed by atoms with van der Waals surface area (Å²) in [7, 11) is 0. The Labute approximate surface area is 112 Å². The Hall–Kier alpha value is -1.73. The number of carbonyl (C=O) groups is 1. The van der Waals surface area contributed by atoms with Gasteiger partial charge >= 0.3 is 5.97 Å². The number of carbonyl (C=O) groups excluding carboxylic acids is 1. The fourth-order valence-electron chi connectivity index (χ4n) is 1.56. The molecule has 0 aliphatic rings. The first-order chi connectivity index (χ1) is 8.62. The van der Waals surface area contributed by atoms with E-state index < -0.39 is 0 Å². The van der Waals surface area contributed by atoms with Crippen molar-refractivity contribution in [2.45, 2.75) is 13.8 Å². The summed E-state index contributed by atoms with van der Waals surface area (Å²) in [5, 5.41) is 9.23. The van der Waals surface area contributed by atoms with E-state index in [4.69, 9.17) is 21.6 Å². The number of anilines is 1. The molecule has 0 N–H and O–H groups in total. The standard InChI is InChI=1S/C13H15ClN2O2/c1-3-16(9-13(17)18-4-2)12-6-5-10(8-15)7-11(12)14/h5-7H,3-4,9H2,1-2H3. The zero-order chi connectivity index (χ0) is 13.5. The lowest BCUT2D eigenvalue weighted by Gasteiger charge is -2.23. The third-order valence-corrected chi connectivity index (χ3v) is 2.73. The van der Waals surface area contributed by atoms with Gasteiger partial charge in [0.1, 0.15) is 6.54 Å². The van der Waals surface area contributed by atoms with Crippen LogP contribution in [0.25, 0.3) is 0 Å². The van der Waals surface area contributed by atoms with Crippen molar-refractivity contribution in [2.75, 3.05) is 24.6 Å². The SMILES string of the molecule is CCOC(=O)CN(CC)c1ccc(C#N)cc1Cl. The molecule has 0 atom stereocenters. The van der Waals surface area contributed by atoms with Crippen molar-refractivity contribution < 1.29 is 9.53 Å². The number of esters is 1. The molecule has 0 saturated carbocycles. The minimum absolute atomic E-state index is 0.149. The Kier molecular flexibility index (Phi) is 5.47. The number of benzene rings is 1. The van der Waals surface area contributed by atoms with Gasteiger partial charge in [0.2, 0.25) is 0 Å². The smallest absolute Gasteiger partial charge is 0.325 e. The van der Waals surface area contributed by atoms with Crippen LogP contribution in [0.2, 0.25) is 5.02 Å². The van der Waals surface area contributed by atoms with Crippen molar-refractivity contribution in [3.63, 3.8) is 0 Å². The van der Waals surface area contributed by atoms with Crippen LogP contribution in [0, 0.1) is 11.3 Å². The second kappa shape index (κ2) is 6.87. The molecular weight excluding hydrogens is 252 g/mol. The number of nitriles is 1. The van der Waals surface area contributed by atoms with Gasteiger partial charge in [-0.05, 0) is 32.0 Å². The van der Waals surface area contributed by atoms with Crippen LogP contribution < -0.4 is 4.90 Å². The highest BCUT2D eigenvalue weighted by atomic mass is 35.5. The Morgan fingerprint density at radius 2 is 2.22 bits per heavy atom. The third-order valence-electron chi connectivity index (χ3n) is 2.42. The molecule has 5 heteroatoms. The maximum atomic E-state index is 11.5. The van der Waals surface area contributed by atoms with Gasteiger partial charge in [-0.3, -0.25) is 4.79 Å². The van der Waals surface area contributed by atoms with Crippen LogP contribution in [0.15, 0.2) is 18.2 Å². The minimum Gasteiger partial charge on any atom is -0.465 e. The molecular formula is C13H15ClN2O2. The van der Waals surface area contributed by atoms with Gasteiger partial charge in [0.15, 0.2) is 0 Å². The molecule has 1 aromatic carbocycles. The maximum Gasteiger partial charge on any atom is 0.325 e. The predicted octanol–water partition coefficient (Wildman–Crippen LogP) is 2.60. The van der Waals surface area contributed by atoms with E-state index in [0.29, 0.717) is 23.7 Å². The van der Waals surface area contributed by atoms with Gasteiger partial charge in [-0.2, -0.15) is 5.26 Å². The summed E-state index contributed by atoms with van der Waals surface area (Å²) in [5.41, 5.74) is 1.22. The van der Waals surface area contributed by atoms with Crippen LogP contribution in [0.5, 0.6) is 0 Å². The molecule has 0 unspecified atom stereocenters. The molecule has 4 nitrogen and oxygen atoms in total. The number of ether oxygens (including phenoxy) is 1. The summed E-state index contributed by atoms with van der Waals surface area (Å²) in [6.45, 7) is 4.83. The van der Waals surface area contributed by atoms with Gasteiger partial charge < -0.3 is 9.64 Å². The van der Waals surface area contributed by atoms with Gasteiger partial charge in [0.25, 0.3) is 0 Å². The molecule has 0 heterocycles. The summed E-state index contributed by atoms with van der Waals surface area (Å²) < 4.78 is 4.90. The normalized spacial score (nSPS) is 9.67. The first-order valence-corrected chi connectivity index (χ1v) is 6.10. The van der Waals surface area contributed by atoms with E-state index in [1.807, 2.05) is 17.9 Å². The Morgan fingerprint density at radius 1 is 1.50 bits per heavy atom. The van der Waals surface area contributed by atoms with Gasteiger partial charge in [0, 0.05) is 6.54 Å². The highest BCUT2D eigenvalue weighted by Gasteiger charge is 2.13. The zero-order valence-electron chi connectivity index (χ0n) is 10.4. The number of rotatable bonds is 5. The number of halogens is 1. The third kappa shape index (κ3) is 3.64. The van der Waals surface area contributed by atoms with Gasteiger partial charge in [-0.1, -0.05) is 11.6 Å². The van der Waals surface area contributed by atoms with Crippen molar-refractivity contribution in [3.8, 4) is 6.07 Å². The van der Waals surface area contributed by atoms with E-state index in [9.17, 15) is 4.79 Å². The van der Waals surface area contributed by atoms with Crippen molar-refractivity contribution in [1.29, 1.82) is 5.26 Å². The van der Waals surface area contributed by atoms with Crippen LogP contribution in [0.4, 0.5) is 5.69 Å². The molecule has 0 amide bonds. The lowest BCUT2D eigenvalue weighted by Crippen LogP contribution is -2.31. The highest BCUT2D eigenvalue weighted by Crippen LogP contribution is 2.26. The highest BCUT2D eigenvalue weighted by molar-refractivity contribution is 6.33. The summed E-state index contributed by atoms with van der Waals surface area (Å²) in [6.07, 6.45) is 0. The maximum absolute atomic E-state index is 11.5. The molecule has 0 fully saturated rings. The molecule has 0 spiro atoms. The average Bonchev–Trinajstić information content (AvgIpc) is 2.36. The monoisotopic (exact) mass is 266 g/mol. The molecule has 0 aromatic heterocycles. The molecule has 0 aliphatic carbocycles. The van der Waals surface area contributed by atoms with Crippen molar-refractivity contribution in [2.24, 2.45) is 0 Å². The first-order valence-electron chi connectivity index (χ1n) is 5.72. The lowest BCUT2D eigenvalue weighted by atomic mass is 10.2. The topological polar surface area (TPSA) is 53.3 Å². The van der Waals surface area contributed by atoms with Crippen molar-refractivity contribution >= 4 is 23.3 Å². The largest absolute Gasteiger partial charge is 0.465 e. The summed E-state index contributed by atoms with van der Waals surface area (Å²) in [6, 6.07) is 7.02. The molecule has 0 radical (unpaired) electrons. The minimum atomic E-state index is -0.292. The fourth-order valence-corrected chi connectivity index (χ4v) is 1.86. The zero-order valence-corrected chi connectivity index (χ0v) is 11.2. The van der Waals surface area contributed by atoms with Crippen LogP contribution >= 0.6 is 11.6 Å². The molecule has 96 valence electrons. The summed E-state index contributed by atoms with van der Waals surface area (Å²) in [5.74, 6) is -0.292. The first kappa shape index (κ1) is 14.3. The quantitative estimate of drug-likeness (QED) is 0.769. The molecule has 0 bridgehead atoms. The molecule has 0 aliphatic heterocycles. The Morgan fingerprint density at radius 3 is 2.72 bits per heavy atom. The number of nitrogens with zero attached hydrogens (tertiary/aromatic N) is 2. The van der Waals surface area contributed by atoms with Crippen LogP contribution in [-0.2, 0) is 9.53 Å². The predicted molar refractivity (Wildman–Crippen MR) is 70.7 cm³/mol. The molecule has 1 rings (SSSR count). The Bertz CT molecular complexity index is 469. The van der Waals surface area contributed by atoms with Crippen molar-refractivity contribution in [1.82, 2.24) is 0 Å².